The van der Waals surface area contributed by atoms with Gasteiger partial charge in [-0.3, -0.25) is 4.39 Å². The van der Waals surface area contributed by atoms with Gasteiger partial charge >= 0.3 is 0 Å². The van der Waals surface area contributed by atoms with Crippen LogP contribution in [0.3, 0.4) is 0 Å². The molecule has 3 rings (SSSR count). The van der Waals surface area contributed by atoms with Crippen LogP contribution in [-0.2, 0) is 6.42 Å². The fourth-order valence-electron chi connectivity index (χ4n) is 2.39. The number of ether oxygens (including phenoxy) is 1. The SMILES string of the molecule is Cc1nc2nonc2c(N)c1Cc1ccc(C#N)c(OCCCF)n1. The lowest BCUT2D eigenvalue weighted by Gasteiger charge is -2.11. The molecule has 128 valence electrons. The van der Waals surface area contributed by atoms with E-state index in [2.05, 4.69) is 24.9 Å². The molecule has 0 aliphatic carbocycles. The quantitative estimate of drug-likeness (QED) is 0.675. The predicted octanol–water partition coefficient (Wildman–Crippen LogP) is 2.10. The van der Waals surface area contributed by atoms with Crippen LogP contribution in [-0.4, -0.2) is 33.6 Å². The van der Waals surface area contributed by atoms with Crippen LogP contribution < -0.4 is 10.5 Å². The van der Waals surface area contributed by atoms with Crippen molar-refractivity contribution in [3.05, 3.63) is 34.6 Å². The number of nitrogens with two attached hydrogens (primary N) is 1. The van der Waals surface area contributed by atoms with Crippen molar-refractivity contribution in [2.45, 2.75) is 19.8 Å². The summed E-state index contributed by atoms with van der Waals surface area (Å²) < 4.78 is 22.3. The molecular formula is C16H15FN6O2. The summed E-state index contributed by atoms with van der Waals surface area (Å²) in [5, 5.41) is 16.6. The van der Waals surface area contributed by atoms with Crippen LogP contribution in [0.2, 0.25) is 0 Å². The fraction of sp³-hybridized carbons (Fsp3) is 0.312. The average molecular weight is 342 g/mol. The van der Waals surface area contributed by atoms with Crippen LogP contribution in [0.4, 0.5) is 10.1 Å². The number of hydrogen-bond acceptors (Lipinski definition) is 8. The summed E-state index contributed by atoms with van der Waals surface area (Å²) in [5.74, 6) is 0.182. The van der Waals surface area contributed by atoms with E-state index in [-0.39, 0.29) is 18.9 Å². The zero-order valence-electron chi connectivity index (χ0n) is 13.5. The molecule has 0 aliphatic rings. The van der Waals surface area contributed by atoms with Crippen LogP contribution in [0.15, 0.2) is 16.8 Å². The van der Waals surface area contributed by atoms with Gasteiger partial charge < -0.3 is 10.5 Å². The van der Waals surface area contributed by atoms with E-state index in [9.17, 15) is 4.39 Å². The van der Waals surface area contributed by atoms with Gasteiger partial charge in [0.25, 0.3) is 0 Å². The molecule has 2 N–H and O–H groups in total. The number of fused-ring (bicyclic) bond motifs is 1. The first-order valence-corrected chi connectivity index (χ1v) is 7.60. The number of anilines is 1. The maximum absolute atomic E-state index is 12.2. The summed E-state index contributed by atoms with van der Waals surface area (Å²) in [6, 6.07) is 5.33. The van der Waals surface area contributed by atoms with Crippen molar-refractivity contribution in [1.29, 1.82) is 5.26 Å². The molecule has 0 bridgehead atoms. The number of nitrogen functional groups attached to an aromatic ring is 1. The molecule has 0 aliphatic heterocycles. The Balaban J connectivity index is 1.93. The molecule has 3 heterocycles. The van der Waals surface area contributed by atoms with E-state index in [1.165, 1.54) is 0 Å². The number of aryl methyl sites for hydroxylation is 1. The van der Waals surface area contributed by atoms with E-state index >= 15 is 0 Å². The van der Waals surface area contributed by atoms with Gasteiger partial charge in [-0.25, -0.2) is 14.6 Å². The van der Waals surface area contributed by atoms with Gasteiger partial charge in [-0.2, -0.15) is 5.26 Å². The van der Waals surface area contributed by atoms with Gasteiger partial charge in [0.1, 0.15) is 11.6 Å². The topological polar surface area (TPSA) is 124 Å². The van der Waals surface area contributed by atoms with E-state index < -0.39 is 6.67 Å². The lowest BCUT2D eigenvalue weighted by molar-refractivity contribution is 0.279. The smallest absolute Gasteiger partial charge is 0.231 e. The lowest BCUT2D eigenvalue weighted by Crippen LogP contribution is -2.06. The molecular weight excluding hydrogens is 327 g/mol. The Bertz CT molecular complexity index is 950. The third kappa shape index (κ3) is 3.33. The lowest BCUT2D eigenvalue weighted by atomic mass is 10.0. The molecule has 8 nitrogen and oxygen atoms in total. The zero-order valence-corrected chi connectivity index (χ0v) is 13.5. The van der Waals surface area contributed by atoms with Crippen LogP contribution in [0.1, 0.15) is 28.9 Å². The molecule has 3 aromatic heterocycles. The Morgan fingerprint density at radius 2 is 2.16 bits per heavy atom. The number of pyridine rings is 2. The minimum Gasteiger partial charge on any atom is -0.477 e. The standard InChI is InChI=1S/C16H15FN6O2/c1-9-12(13(19)14-15(20-9)23-25-22-14)7-11-4-3-10(8-18)16(21-11)24-6-2-5-17/h3-4H,2,5-7,19H2,1H3. The van der Waals surface area contributed by atoms with Gasteiger partial charge in [0.15, 0.2) is 5.52 Å². The Kier molecular flexibility index (Phi) is 4.70. The zero-order chi connectivity index (χ0) is 17.8. The van der Waals surface area contributed by atoms with Crippen molar-refractivity contribution in [3.63, 3.8) is 0 Å². The Hall–Kier alpha value is -3.28. The number of halogens is 1. The molecule has 0 fully saturated rings. The van der Waals surface area contributed by atoms with Crippen molar-refractivity contribution in [2.75, 3.05) is 19.0 Å². The van der Waals surface area contributed by atoms with E-state index in [1.807, 2.05) is 13.0 Å². The number of rotatable bonds is 6. The van der Waals surface area contributed by atoms with Crippen LogP contribution >= 0.6 is 0 Å². The summed E-state index contributed by atoms with van der Waals surface area (Å²) in [6.07, 6.45) is 0.612. The fourth-order valence-corrected chi connectivity index (χ4v) is 2.39. The molecule has 0 amide bonds. The maximum Gasteiger partial charge on any atom is 0.231 e. The van der Waals surface area contributed by atoms with Crippen molar-refractivity contribution < 1.29 is 13.8 Å². The summed E-state index contributed by atoms with van der Waals surface area (Å²) in [7, 11) is 0. The number of nitrogens with zero attached hydrogens (tertiary/aromatic N) is 5. The molecule has 0 atom stereocenters. The maximum atomic E-state index is 12.2. The highest BCUT2D eigenvalue weighted by molar-refractivity contribution is 5.85. The normalized spacial score (nSPS) is 10.8. The van der Waals surface area contributed by atoms with Gasteiger partial charge in [-0.15, -0.1) is 0 Å². The highest BCUT2D eigenvalue weighted by Crippen LogP contribution is 2.26. The van der Waals surface area contributed by atoms with Crippen LogP contribution in [0, 0.1) is 18.3 Å². The number of hydrogen-bond donors (Lipinski definition) is 1. The first-order valence-electron chi connectivity index (χ1n) is 7.60. The molecule has 0 saturated heterocycles. The van der Waals surface area contributed by atoms with E-state index in [0.717, 1.165) is 5.56 Å². The largest absolute Gasteiger partial charge is 0.477 e. The van der Waals surface area contributed by atoms with Gasteiger partial charge in [-0.1, -0.05) is 0 Å². The third-order valence-corrected chi connectivity index (χ3v) is 3.67. The number of alkyl halides is 1. The summed E-state index contributed by atoms with van der Waals surface area (Å²) in [4.78, 5) is 8.66. The predicted molar refractivity (Wildman–Crippen MR) is 86.6 cm³/mol. The molecule has 0 radical (unpaired) electrons. The molecule has 9 heteroatoms. The minimum absolute atomic E-state index is 0.154. The second kappa shape index (κ2) is 7.09. The molecule has 0 unspecified atom stereocenters. The third-order valence-electron chi connectivity index (χ3n) is 3.67. The van der Waals surface area contributed by atoms with Crippen molar-refractivity contribution >= 4 is 16.9 Å². The average Bonchev–Trinajstić information content (AvgIpc) is 3.07. The van der Waals surface area contributed by atoms with Crippen molar-refractivity contribution in [3.8, 4) is 11.9 Å². The van der Waals surface area contributed by atoms with E-state index in [4.69, 9.17) is 15.7 Å². The number of aromatic nitrogens is 4. The van der Waals surface area contributed by atoms with Crippen molar-refractivity contribution in [1.82, 2.24) is 20.3 Å². The van der Waals surface area contributed by atoms with Crippen molar-refractivity contribution in [2.24, 2.45) is 0 Å². The Morgan fingerprint density at radius 3 is 2.92 bits per heavy atom. The molecule has 3 aromatic rings. The summed E-state index contributed by atoms with van der Waals surface area (Å²) in [5.41, 5.74) is 9.69. The second-order valence-corrected chi connectivity index (χ2v) is 5.36. The summed E-state index contributed by atoms with van der Waals surface area (Å²) in [6.45, 7) is 1.47. The first kappa shape index (κ1) is 16.6. The molecule has 25 heavy (non-hydrogen) atoms. The van der Waals surface area contributed by atoms with Gasteiger partial charge in [0.2, 0.25) is 11.5 Å². The Morgan fingerprint density at radius 1 is 1.32 bits per heavy atom. The van der Waals surface area contributed by atoms with Gasteiger partial charge in [0.05, 0.1) is 19.0 Å². The van der Waals surface area contributed by atoms with E-state index in [1.54, 1.807) is 12.1 Å². The summed E-state index contributed by atoms with van der Waals surface area (Å²) >= 11 is 0. The second-order valence-electron chi connectivity index (χ2n) is 5.36. The Labute approximate surface area is 142 Å². The highest BCUT2D eigenvalue weighted by Gasteiger charge is 2.16. The highest BCUT2D eigenvalue weighted by atomic mass is 19.1. The van der Waals surface area contributed by atoms with Crippen LogP contribution in [0.5, 0.6) is 5.88 Å². The van der Waals surface area contributed by atoms with Crippen LogP contribution in [0.25, 0.3) is 11.2 Å². The molecule has 0 saturated carbocycles. The van der Waals surface area contributed by atoms with Gasteiger partial charge in [-0.05, 0) is 29.4 Å². The van der Waals surface area contributed by atoms with Gasteiger partial charge in [0, 0.05) is 29.8 Å². The first-order chi connectivity index (χ1) is 12.1. The van der Waals surface area contributed by atoms with E-state index in [0.29, 0.717) is 40.2 Å². The molecule has 0 spiro atoms. The number of nitriles is 1. The molecule has 0 aromatic carbocycles. The monoisotopic (exact) mass is 342 g/mol. The minimum atomic E-state index is -0.491.